The van der Waals surface area contributed by atoms with Crippen LogP contribution >= 0.6 is 23.6 Å². The Labute approximate surface area is 133 Å². The highest BCUT2D eigenvalue weighted by atomic mass is 32.1. The van der Waals surface area contributed by atoms with Gasteiger partial charge in [-0.1, -0.05) is 30.3 Å². The van der Waals surface area contributed by atoms with Crippen molar-refractivity contribution in [3.05, 3.63) is 51.9 Å². The highest BCUT2D eigenvalue weighted by Crippen LogP contribution is 2.46. The molecule has 2 aromatic rings. The molecule has 3 nitrogen and oxygen atoms in total. The first-order valence-electron chi connectivity index (χ1n) is 7.30. The molecule has 0 saturated heterocycles. The van der Waals surface area contributed by atoms with E-state index in [9.17, 15) is 0 Å². The van der Waals surface area contributed by atoms with Crippen LogP contribution in [0, 0.1) is 0 Å². The molecule has 0 spiro atoms. The molecule has 0 fully saturated rings. The molecule has 0 bridgehead atoms. The molecule has 1 aromatic heterocycles. The van der Waals surface area contributed by atoms with E-state index in [4.69, 9.17) is 18.1 Å². The van der Waals surface area contributed by atoms with Crippen LogP contribution < -0.4 is 11.2 Å². The summed E-state index contributed by atoms with van der Waals surface area (Å²) in [5, 5.41) is 6.82. The Morgan fingerprint density at radius 1 is 1.19 bits per heavy atom. The van der Waals surface area contributed by atoms with Crippen LogP contribution in [0.5, 0.6) is 0 Å². The fraction of sp³-hybridized carbons (Fsp3) is 0.312. The monoisotopic (exact) mass is 315 g/mol. The van der Waals surface area contributed by atoms with Gasteiger partial charge in [-0.2, -0.15) is 0 Å². The number of hydrazine groups is 1. The molecule has 5 heteroatoms. The van der Waals surface area contributed by atoms with Gasteiger partial charge in [-0.25, -0.2) is 5.84 Å². The summed E-state index contributed by atoms with van der Waals surface area (Å²) in [7, 11) is 0. The summed E-state index contributed by atoms with van der Waals surface area (Å²) in [6.45, 7) is 0. The van der Waals surface area contributed by atoms with Gasteiger partial charge in [0.2, 0.25) is 0 Å². The lowest BCUT2D eigenvalue weighted by Crippen LogP contribution is -2.46. The molecule has 1 unspecified atom stereocenters. The number of thiophene rings is 1. The minimum absolute atomic E-state index is 0.0352. The average molecular weight is 315 g/mol. The van der Waals surface area contributed by atoms with Gasteiger partial charge in [-0.15, -0.1) is 11.3 Å². The Morgan fingerprint density at radius 2 is 1.95 bits per heavy atom. The van der Waals surface area contributed by atoms with E-state index in [0.717, 1.165) is 6.42 Å². The first-order valence-corrected chi connectivity index (χ1v) is 8.52. The lowest BCUT2D eigenvalue weighted by molar-refractivity contribution is 0.370. The topological polar surface area (TPSA) is 41.3 Å². The smallest absolute Gasteiger partial charge is 0.189 e. The van der Waals surface area contributed by atoms with Crippen LogP contribution in [-0.2, 0) is 12.8 Å². The lowest BCUT2D eigenvalue weighted by Gasteiger charge is -2.35. The van der Waals surface area contributed by atoms with Crippen molar-refractivity contribution < 1.29 is 0 Å². The second-order valence-electron chi connectivity index (χ2n) is 5.60. The quantitative estimate of drug-likeness (QED) is 0.623. The molecular weight excluding hydrogens is 298 g/mol. The van der Waals surface area contributed by atoms with Gasteiger partial charge >= 0.3 is 0 Å². The van der Waals surface area contributed by atoms with Gasteiger partial charge < -0.3 is 5.32 Å². The van der Waals surface area contributed by atoms with E-state index in [-0.39, 0.29) is 6.04 Å². The third-order valence-electron chi connectivity index (χ3n) is 4.33. The van der Waals surface area contributed by atoms with Crippen molar-refractivity contribution in [2.75, 3.05) is 5.32 Å². The van der Waals surface area contributed by atoms with Gasteiger partial charge in [0.1, 0.15) is 11.0 Å². The average Bonchev–Trinajstić information content (AvgIpc) is 2.87. The summed E-state index contributed by atoms with van der Waals surface area (Å²) in [6, 6.07) is 10.5. The maximum absolute atomic E-state index is 6.30. The highest BCUT2D eigenvalue weighted by Gasteiger charge is 2.35. The van der Waals surface area contributed by atoms with Crippen molar-refractivity contribution in [3.8, 4) is 0 Å². The SMILES string of the molecule is NN1C(=S)Nc2sc3c(c2C1c1ccccc1)CCCC3. The second kappa shape index (κ2) is 5.09. The number of aryl methyl sites for hydroxylation is 1. The predicted molar refractivity (Wildman–Crippen MR) is 91.5 cm³/mol. The zero-order valence-corrected chi connectivity index (χ0v) is 13.3. The van der Waals surface area contributed by atoms with Gasteiger partial charge in [0, 0.05) is 10.4 Å². The molecule has 0 amide bonds. The normalized spacial score (nSPS) is 20.7. The van der Waals surface area contributed by atoms with Crippen LogP contribution in [0.2, 0.25) is 0 Å². The van der Waals surface area contributed by atoms with Crippen LogP contribution in [0.1, 0.15) is 40.5 Å². The molecular formula is C16H17N3S2. The van der Waals surface area contributed by atoms with E-state index in [2.05, 4.69) is 29.6 Å². The van der Waals surface area contributed by atoms with Gasteiger partial charge in [-0.05, 0) is 49.0 Å². The fourth-order valence-electron chi connectivity index (χ4n) is 3.35. The van der Waals surface area contributed by atoms with Crippen molar-refractivity contribution in [3.63, 3.8) is 0 Å². The number of fused-ring (bicyclic) bond motifs is 3. The molecule has 3 N–H and O–H groups in total. The molecule has 1 aromatic carbocycles. The summed E-state index contributed by atoms with van der Waals surface area (Å²) in [5.74, 6) is 6.30. The zero-order valence-electron chi connectivity index (χ0n) is 11.6. The molecule has 2 aliphatic rings. The van der Waals surface area contributed by atoms with Gasteiger partial charge in [0.15, 0.2) is 5.11 Å². The van der Waals surface area contributed by atoms with E-state index in [1.165, 1.54) is 45.8 Å². The molecule has 1 aliphatic carbocycles. The summed E-state index contributed by atoms with van der Waals surface area (Å²) < 4.78 is 0. The first-order chi connectivity index (χ1) is 10.3. The van der Waals surface area contributed by atoms with Crippen molar-refractivity contribution in [2.45, 2.75) is 31.7 Å². The minimum atomic E-state index is 0.0352. The summed E-state index contributed by atoms with van der Waals surface area (Å²) in [6.07, 6.45) is 4.91. The number of benzene rings is 1. The van der Waals surface area contributed by atoms with Gasteiger partial charge in [-0.3, -0.25) is 5.01 Å². The molecule has 0 saturated carbocycles. The molecule has 1 atom stereocenters. The van der Waals surface area contributed by atoms with E-state index in [1.807, 2.05) is 17.4 Å². The Morgan fingerprint density at radius 3 is 2.76 bits per heavy atom. The number of nitrogens with two attached hydrogens (primary N) is 1. The van der Waals surface area contributed by atoms with Crippen LogP contribution in [0.15, 0.2) is 30.3 Å². The van der Waals surface area contributed by atoms with E-state index in [1.54, 1.807) is 5.01 Å². The standard InChI is InChI=1S/C16H17N3S2/c17-19-14(10-6-2-1-3-7-10)13-11-8-4-5-9-12(11)21-15(13)18-16(19)20/h1-3,6-7,14H,4-5,8-9,17H2,(H,18,20). The Kier molecular flexibility index (Phi) is 3.21. The number of hydrogen-bond acceptors (Lipinski definition) is 3. The zero-order chi connectivity index (χ0) is 14.4. The largest absolute Gasteiger partial charge is 0.323 e. The Hall–Kier alpha value is -1.43. The molecule has 2 heterocycles. The van der Waals surface area contributed by atoms with Crippen LogP contribution in [0.25, 0.3) is 0 Å². The summed E-state index contributed by atoms with van der Waals surface area (Å²) in [5.41, 5.74) is 4.05. The van der Waals surface area contributed by atoms with Crippen LogP contribution in [0.4, 0.5) is 5.00 Å². The molecule has 21 heavy (non-hydrogen) atoms. The molecule has 4 rings (SSSR count). The van der Waals surface area contributed by atoms with Crippen molar-refractivity contribution in [1.29, 1.82) is 0 Å². The number of hydrogen-bond donors (Lipinski definition) is 2. The second-order valence-corrected chi connectivity index (χ2v) is 7.10. The minimum Gasteiger partial charge on any atom is -0.323 e. The van der Waals surface area contributed by atoms with Crippen molar-refractivity contribution in [1.82, 2.24) is 5.01 Å². The van der Waals surface area contributed by atoms with Gasteiger partial charge in [0.05, 0.1) is 0 Å². The predicted octanol–water partition coefficient (Wildman–Crippen LogP) is 3.60. The van der Waals surface area contributed by atoms with Crippen molar-refractivity contribution >= 4 is 33.7 Å². The van der Waals surface area contributed by atoms with Crippen molar-refractivity contribution in [2.24, 2.45) is 5.84 Å². The summed E-state index contributed by atoms with van der Waals surface area (Å²) in [4.78, 5) is 1.51. The number of rotatable bonds is 1. The van der Waals surface area contributed by atoms with Gasteiger partial charge in [0.25, 0.3) is 0 Å². The highest BCUT2D eigenvalue weighted by molar-refractivity contribution is 7.80. The maximum Gasteiger partial charge on any atom is 0.189 e. The molecule has 108 valence electrons. The maximum atomic E-state index is 6.30. The molecule has 0 radical (unpaired) electrons. The Balaban J connectivity index is 1.91. The fourth-order valence-corrected chi connectivity index (χ4v) is 4.95. The third kappa shape index (κ3) is 2.08. The lowest BCUT2D eigenvalue weighted by atomic mass is 9.89. The van der Waals surface area contributed by atoms with Crippen LogP contribution in [0.3, 0.4) is 0 Å². The van der Waals surface area contributed by atoms with E-state index < -0.39 is 0 Å². The number of thiocarbonyl (C=S) groups is 1. The third-order valence-corrected chi connectivity index (χ3v) is 5.87. The Bertz CT molecular complexity index is 693. The number of nitrogens with zero attached hydrogens (tertiary/aromatic N) is 1. The molecule has 1 aliphatic heterocycles. The number of anilines is 1. The van der Waals surface area contributed by atoms with Crippen LogP contribution in [-0.4, -0.2) is 10.1 Å². The van der Waals surface area contributed by atoms with E-state index in [0.29, 0.717) is 5.11 Å². The van der Waals surface area contributed by atoms with E-state index >= 15 is 0 Å². The first kappa shape index (κ1) is 13.2. The summed E-state index contributed by atoms with van der Waals surface area (Å²) >= 11 is 7.28. The number of nitrogens with one attached hydrogen (secondary N) is 1.